The molecule has 0 radical (unpaired) electrons. The molecule has 3 amide bonds. The minimum Gasteiger partial charge on any atom is -0.480 e. The zero-order chi connectivity index (χ0) is 24.7. The van der Waals surface area contributed by atoms with E-state index in [0.29, 0.717) is 12.0 Å². The lowest BCUT2D eigenvalue weighted by atomic mass is 9.96. The molecular formula is C24H33N3O5S. The van der Waals surface area contributed by atoms with Crippen LogP contribution >= 0.6 is 11.8 Å². The number of carbonyl (C=O) groups excluding carboxylic acids is 3. The predicted octanol–water partition coefficient (Wildman–Crippen LogP) is 2.79. The van der Waals surface area contributed by atoms with Crippen LogP contribution in [0.15, 0.2) is 24.3 Å². The Hall–Kier alpha value is -2.55. The number of carboxylic acids is 1. The molecular weight excluding hydrogens is 442 g/mol. The third kappa shape index (κ3) is 4.60. The van der Waals surface area contributed by atoms with Crippen LogP contribution in [0.3, 0.4) is 0 Å². The molecule has 2 aliphatic rings. The number of amides is 3. The summed E-state index contributed by atoms with van der Waals surface area (Å²) in [4.78, 5) is 53.0. The number of rotatable bonds is 8. The van der Waals surface area contributed by atoms with Gasteiger partial charge in [0.05, 0.1) is 0 Å². The van der Waals surface area contributed by atoms with E-state index < -0.39 is 40.7 Å². The Morgan fingerprint density at radius 3 is 2.33 bits per heavy atom. The van der Waals surface area contributed by atoms with Crippen LogP contribution < -0.4 is 10.6 Å². The van der Waals surface area contributed by atoms with Crippen LogP contribution in [0.2, 0.25) is 0 Å². The van der Waals surface area contributed by atoms with E-state index >= 15 is 0 Å². The average molecular weight is 476 g/mol. The van der Waals surface area contributed by atoms with Crippen molar-refractivity contribution in [2.45, 2.75) is 76.2 Å². The first-order chi connectivity index (χ1) is 15.4. The predicted molar refractivity (Wildman–Crippen MR) is 127 cm³/mol. The molecule has 1 fully saturated rings. The van der Waals surface area contributed by atoms with E-state index in [1.54, 1.807) is 49.6 Å². The molecule has 0 bridgehead atoms. The van der Waals surface area contributed by atoms with E-state index in [1.807, 2.05) is 32.9 Å². The van der Waals surface area contributed by atoms with Gasteiger partial charge in [-0.25, -0.2) is 4.79 Å². The highest BCUT2D eigenvalue weighted by Gasteiger charge is 2.57. The molecule has 8 nitrogen and oxygen atoms in total. The van der Waals surface area contributed by atoms with Crippen LogP contribution in [0, 0.1) is 11.8 Å². The maximum absolute atomic E-state index is 13.5. The molecule has 3 N–H and O–H groups in total. The summed E-state index contributed by atoms with van der Waals surface area (Å²) >= 11 is 1.55. The molecule has 2 aliphatic heterocycles. The van der Waals surface area contributed by atoms with Crippen molar-refractivity contribution in [3.63, 3.8) is 0 Å². The van der Waals surface area contributed by atoms with Gasteiger partial charge < -0.3 is 20.6 Å². The second kappa shape index (κ2) is 9.37. The van der Waals surface area contributed by atoms with Crippen molar-refractivity contribution in [1.29, 1.82) is 0 Å². The summed E-state index contributed by atoms with van der Waals surface area (Å²) in [6, 6.07) is 4.62. The molecule has 1 saturated heterocycles. The Balaban J connectivity index is 1.82. The normalized spacial score (nSPS) is 23.5. The summed E-state index contributed by atoms with van der Waals surface area (Å²) in [5, 5.41) is 14.7. The lowest BCUT2D eigenvalue weighted by Gasteiger charge is -2.32. The van der Waals surface area contributed by atoms with Gasteiger partial charge in [0.25, 0.3) is 5.91 Å². The zero-order valence-electron chi connectivity index (χ0n) is 19.9. The van der Waals surface area contributed by atoms with Crippen molar-refractivity contribution in [3.8, 4) is 0 Å². The fourth-order valence-corrected chi connectivity index (χ4v) is 6.09. The quantitative estimate of drug-likeness (QED) is 0.533. The topological polar surface area (TPSA) is 116 Å². The second-order valence-electron chi connectivity index (χ2n) is 9.72. The van der Waals surface area contributed by atoms with Gasteiger partial charge in [-0.1, -0.05) is 52.3 Å². The van der Waals surface area contributed by atoms with E-state index in [9.17, 15) is 24.3 Å². The number of fused-ring (bicyclic) bond motifs is 3. The molecule has 2 heterocycles. The Labute approximate surface area is 198 Å². The summed E-state index contributed by atoms with van der Waals surface area (Å²) in [5.74, 6) is -2.80. The van der Waals surface area contributed by atoms with Gasteiger partial charge in [0.15, 0.2) is 0 Å². The van der Waals surface area contributed by atoms with E-state index in [0.717, 1.165) is 5.56 Å². The van der Waals surface area contributed by atoms with Gasteiger partial charge >= 0.3 is 5.97 Å². The van der Waals surface area contributed by atoms with Crippen LogP contribution in [0.1, 0.15) is 69.3 Å². The minimum atomic E-state index is -1.11. The van der Waals surface area contributed by atoms with Gasteiger partial charge in [-0.15, -0.1) is 11.8 Å². The number of nitrogens with zero attached hydrogens (tertiary/aromatic N) is 1. The highest BCUT2D eigenvalue weighted by molar-refractivity contribution is 8.01. The van der Waals surface area contributed by atoms with Gasteiger partial charge in [0.2, 0.25) is 11.8 Å². The molecule has 0 saturated carbocycles. The third-order valence-corrected chi connectivity index (χ3v) is 8.10. The number of carboxylic acid groups (broad SMARTS) is 1. The standard InChI is InChI=1S/C24H33N3O5S/c1-7-13(4)17(23(31)32)26-19(28)16(12(2)3)25-20(29)18-24(5,6)33-22-15-11-9-8-10-14(15)21(30)27(18)22/h8-13,16-18,22H,7H2,1-6H3,(H,25,29)(H,26,28)(H,31,32)/t13-,16-,17-,18-,22+/m0/s1. The van der Waals surface area contributed by atoms with Crippen molar-refractivity contribution in [2.24, 2.45) is 11.8 Å². The lowest BCUT2D eigenvalue weighted by molar-refractivity contribution is -0.144. The van der Waals surface area contributed by atoms with Crippen LogP contribution in [-0.4, -0.2) is 56.6 Å². The summed E-state index contributed by atoms with van der Waals surface area (Å²) < 4.78 is -0.573. The maximum Gasteiger partial charge on any atom is 0.326 e. The molecule has 0 unspecified atom stereocenters. The molecule has 0 aromatic heterocycles. The van der Waals surface area contributed by atoms with Gasteiger partial charge in [-0.2, -0.15) is 0 Å². The average Bonchev–Trinajstić information content (AvgIpc) is 3.18. The zero-order valence-corrected chi connectivity index (χ0v) is 20.7. The van der Waals surface area contributed by atoms with Gasteiger partial charge in [-0.05, 0) is 37.3 Å². The van der Waals surface area contributed by atoms with Crippen molar-refractivity contribution in [2.75, 3.05) is 0 Å². The third-order valence-electron chi connectivity index (χ3n) is 6.57. The molecule has 3 rings (SSSR count). The van der Waals surface area contributed by atoms with Gasteiger partial charge in [0.1, 0.15) is 23.5 Å². The fourth-order valence-electron chi connectivity index (χ4n) is 4.50. The van der Waals surface area contributed by atoms with Crippen molar-refractivity contribution in [1.82, 2.24) is 15.5 Å². The molecule has 33 heavy (non-hydrogen) atoms. The Morgan fingerprint density at radius 1 is 1.12 bits per heavy atom. The number of hydrogen-bond acceptors (Lipinski definition) is 5. The van der Waals surface area contributed by atoms with Crippen molar-refractivity contribution in [3.05, 3.63) is 35.4 Å². The largest absolute Gasteiger partial charge is 0.480 e. The monoisotopic (exact) mass is 475 g/mol. The summed E-state index contributed by atoms with van der Waals surface area (Å²) in [5.41, 5.74) is 1.49. The van der Waals surface area contributed by atoms with Crippen molar-refractivity contribution < 1.29 is 24.3 Å². The highest BCUT2D eigenvalue weighted by atomic mass is 32.2. The first-order valence-electron chi connectivity index (χ1n) is 11.3. The smallest absolute Gasteiger partial charge is 0.326 e. The van der Waals surface area contributed by atoms with Gasteiger partial charge in [0, 0.05) is 10.3 Å². The molecule has 5 atom stereocenters. The number of benzene rings is 1. The second-order valence-corrected chi connectivity index (χ2v) is 11.5. The first-order valence-corrected chi connectivity index (χ1v) is 12.2. The van der Waals surface area contributed by atoms with E-state index in [1.165, 1.54) is 0 Å². The van der Waals surface area contributed by atoms with E-state index in [-0.39, 0.29) is 23.1 Å². The maximum atomic E-state index is 13.5. The Bertz CT molecular complexity index is 963. The molecule has 1 aromatic rings. The molecule has 0 spiro atoms. The molecule has 1 aromatic carbocycles. The van der Waals surface area contributed by atoms with Gasteiger partial charge in [-0.3, -0.25) is 14.4 Å². The molecule has 180 valence electrons. The number of hydrogen-bond donors (Lipinski definition) is 3. The van der Waals surface area contributed by atoms with E-state index in [2.05, 4.69) is 10.6 Å². The van der Waals surface area contributed by atoms with Crippen LogP contribution in [0.4, 0.5) is 0 Å². The first kappa shape index (κ1) is 25.1. The number of carbonyl (C=O) groups is 4. The summed E-state index contributed by atoms with van der Waals surface area (Å²) in [6.07, 6.45) is 0.586. The molecule has 0 aliphatic carbocycles. The summed E-state index contributed by atoms with van der Waals surface area (Å²) in [7, 11) is 0. The number of aliphatic carboxylic acids is 1. The lowest BCUT2D eigenvalue weighted by Crippen LogP contribution is -2.60. The molecule has 9 heteroatoms. The van der Waals surface area contributed by atoms with E-state index in [4.69, 9.17) is 0 Å². The Kier molecular flexibility index (Phi) is 7.12. The number of thioether (sulfide) groups is 1. The summed E-state index contributed by atoms with van der Waals surface area (Å²) in [6.45, 7) is 11.0. The Morgan fingerprint density at radius 2 is 1.76 bits per heavy atom. The van der Waals surface area contributed by atoms with Crippen LogP contribution in [-0.2, 0) is 14.4 Å². The number of nitrogens with one attached hydrogen (secondary N) is 2. The highest BCUT2D eigenvalue weighted by Crippen LogP contribution is 2.56. The fraction of sp³-hybridized carbons (Fsp3) is 0.583. The van der Waals surface area contributed by atoms with Crippen LogP contribution in [0.25, 0.3) is 0 Å². The van der Waals surface area contributed by atoms with Crippen LogP contribution in [0.5, 0.6) is 0 Å². The SMILES string of the molecule is CC[C@H](C)[C@H](NC(=O)[C@@H](NC(=O)[C@@H]1N2C(=O)c3ccccc3[C@H]2SC1(C)C)C(C)C)C(=O)O. The minimum absolute atomic E-state index is 0.193. The van der Waals surface area contributed by atoms with Crippen molar-refractivity contribution >= 4 is 35.5 Å².